The summed E-state index contributed by atoms with van der Waals surface area (Å²) in [6.45, 7) is 3.84. The predicted octanol–water partition coefficient (Wildman–Crippen LogP) is 3.13. The van der Waals surface area contributed by atoms with Crippen LogP contribution in [0.1, 0.15) is 61.7 Å². The van der Waals surface area contributed by atoms with Crippen molar-refractivity contribution in [1.82, 2.24) is 20.2 Å². The van der Waals surface area contributed by atoms with Crippen molar-refractivity contribution >= 4 is 22.6 Å². The maximum atomic E-state index is 13.2. The van der Waals surface area contributed by atoms with Gasteiger partial charge in [0, 0.05) is 36.9 Å². The molecular weight excluding hydrogens is 402 g/mol. The molecule has 4 aliphatic carbocycles. The number of pyridine rings is 1. The van der Waals surface area contributed by atoms with E-state index >= 15 is 0 Å². The minimum Gasteiger partial charge on any atom is -0.390 e. The second-order valence-electron chi connectivity index (χ2n) is 10.8. The quantitative estimate of drug-likeness (QED) is 0.557. The zero-order valence-corrected chi connectivity index (χ0v) is 18.8. The zero-order chi connectivity index (χ0) is 21.7. The van der Waals surface area contributed by atoms with Gasteiger partial charge in [-0.3, -0.25) is 4.79 Å². The molecule has 0 spiro atoms. The third-order valence-electron chi connectivity index (χ3n) is 8.55. The largest absolute Gasteiger partial charge is 0.390 e. The highest BCUT2D eigenvalue weighted by atomic mass is 16.3. The number of amides is 1. The Kier molecular flexibility index (Phi) is 5.14. The van der Waals surface area contributed by atoms with Gasteiger partial charge in [-0.2, -0.15) is 0 Å². The lowest BCUT2D eigenvalue weighted by molar-refractivity contribution is -0.129. The number of aromatic amines is 1. The molecule has 1 saturated heterocycles. The van der Waals surface area contributed by atoms with Gasteiger partial charge < -0.3 is 25.6 Å². The van der Waals surface area contributed by atoms with E-state index in [1.807, 2.05) is 12.3 Å². The van der Waals surface area contributed by atoms with Gasteiger partial charge in [0.2, 0.25) is 0 Å². The lowest BCUT2D eigenvalue weighted by Crippen LogP contribution is -2.59. The Labute approximate surface area is 189 Å². The normalized spacial score (nSPS) is 34.2. The average Bonchev–Trinajstić information content (AvgIpc) is 3.25. The fraction of sp³-hybridized carbons (Fsp3) is 0.680. The van der Waals surface area contributed by atoms with Gasteiger partial charge in [0.1, 0.15) is 5.65 Å². The molecule has 1 aliphatic heterocycles. The lowest BCUT2D eigenvalue weighted by Gasteiger charge is -2.58. The number of likely N-dealkylation sites (tertiary alicyclic amines) is 1. The summed E-state index contributed by atoms with van der Waals surface area (Å²) in [5.41, 5.74) is 1.88. The summed E-state index contributed by atoms with van der Waals surface area (Å²) in [6.07, 6.45) is 12.6. The minimum absolute atomic E-state index is 0.0532. The summed E-state index contributed by atoms with van der Waals surface area (Å²) in [5, 5.41) is 18.9. The molecule has 5 fully saturated rings. The van der Waals surface area contributed by atoms with Crippen LogP contribution in [0.2, 0.25) is 0 Å². The fourth-order valence-electron chi connectivity index (χ4n) is 7.33. The Bertz CT molecular complexity index is 981. The van der Waals surface area contributed by atoms with Crippen LogP contribution in [0.25, 0.3) is 11.0 Å². The van der Waals surface area contributed by atoms with E-state index < -0.39 is 5.60 Å². The monoisotopic (exact) mass is 437 g/mol. The van der Waals surface area contributed by atoms with Gasteiger partial charge in [0.25, 0.3) is 5.91 Å². The molecule has 7 heteroatoms. The van der Waals surface area contributed by atoms with Gasteiger partial charge >= 0.3 is 0 Å². The maximum absolute atomic E-state index is 13.2. The molecule has 4 N–H and O–H groups in total. The van der Waals surface area contributed by atoms with Gasteiger partial charge in [0.15, 0.2) is 0 Å². The van der Waals surface area contributed by atoms with Crippen molar-refractivity contribution in [1.29, 1.82) is 0 Å². The first-order valence-corrected chi connectivity index (χ1v) is 12.5. The van der Waals surface area contributed by atoms with Crippen molar-refractivity contribution in [3.8, 4) is 0 Å². The van der Waals surface area contributed by atoms with E-state index in [4.69, 9.17) is 0 Å². The van der Waals surface area contributed by atoms with E-state index in [1.54, 1.807) is 6.20 Å². The van der Waals surface area contributed by atoms with Gasteiger partial charge in [-0.25, -0.2) is 4.98 Å². The summed E-state index contributed by atoms with van der Waals surface area (Å²) in [5.74, 6) is 1.56. The van der Waals surface area contributed by atoms with Crippen molar-refractivity contribution in [2.24, 2.45) is 17.8 Å². The number of nitrogens with zero attached hydrogens (tertiary/aromatic N) is 2. The minimum atomic E-state index is -0.453. The van der Waals surface area contributed by atoms with Crippen molar-refractivity contribution in [2.45, 2.75) is 63.0 Å². The van der Waals surface area contributed by atoms with Crippen molar-refractivity contribution in [3.63, 3.8) is 0 Å². The molecule has 3 heterocycles. The van der Waals surface area contributed by atoms with Crippen LogP contribution in [-0.4, -0.2) is 63.7 Å². The molecule has 2 unspecified atom stereocenters. The highest BCUT2D eigenvalue weighted by molar-refractivity contribution is 6.06. The van der Waals surface area contributed by atoms with Crippen LogP contribution in [-0.2, 0) is 0 Å². The standard InChI is InChI=1S/C25H35N5O2/c31-24(27-6-9-30-7-2-1-3-8-30)20-15-28-23-19(4-5-26-23)22(20)29-21-17-10-16-11-18(21)14-25(32,12-16)13-17/h4-5,15-18,21,32H,1-3,6-14H2,(H,27,31)(H2,26,28,29). The third-order valence-corrected chi connectivity index (χ3v) is 8.55. The Balaban J connectivity index is 1.21. The number of aliphatic hydroxyl groups is 1. The molecule has 2 aromatic rings. The van der Waals surface area contributed by atoms with Crippen LogP contribution < -0.4 is 10.6 Å². The Hall–Kier alpha value is -2.12. The fourth-order valence-corrected chi connectivity index (χ4v) is 7.33. The first-order chi connectivity index (χ1) is 15.6. The van der Waals surface area contributed by atoms with Crippen molar-refractivity contribution in [3.05, 3.63) is 24.0 Å². The van der Waals surface area contributed by atoms with Crippen LogP contribution in [0.4, 0.5) is 5.69 Å². The number of rotatable bonds is 6. The average molecular weight is 438 g/mol. The van der Waals surface area contributed by atoms with Crippen LogP contribution >= 0.6 is 0 Å². The summed E-state index contributed by atoms with van der Waals surface area (Å²) < 4.78 is 0. The third kappa shape index (κ3) is 3.69. The van der Waals surface area contributed by atoms with Gasteiger partial charge in [-0.15, -0.1) is 0 Å². The van der Waals surface area contributed by atoms with E-state index in [0.29, 0.717) is 35.9 Å². The number of nitrogens with one attached hydrogen (secondary N) is 3. The number of carbonyl (C=O) groups excluding carboxylic acids is 1. The second kappa shape index (κ2) is 8.03. The zero-order valence-electron chi connectivity index (χ0n) is 18.8. The predicted molar refractivity (Wildman–Crippen MR) is 125 cm³/mol. The summed E-state index contributed by atoms with van der Waals surface area (Å²) in [6, 6.07) is 2.32. The molecule has 0 radical (unpaired) electrons. The van der Waals surface area contributed by atoms with Crippen molar-refractivity contribution in [2.75, 3.05) is 31.5 Å². The Morgan fingerprint density at radius 3 is 2.72 bits per heavy atom. The molecular formula is C25H35N5O2. The number of hydrogen-bond acceptors (Lipinski definition) is 5. The Morgan fingerprint density at radius 2 is 1.97 bits per heavy atom. The summed E-state index contributed by atoms with van der Waals surface area (Å²) >= 11 is 0. The van der Waals surface area contributed by atoms with Crippen LogP contribution in [0.15, 0.2) is 18.5 Å². The van der Waals surface area contributed by atoms with E-state index in [0.717, 1.165) is 55.6 Å². The van der Waals surface area contributed by atoms with E-state index in [1.165, 1.54) is 32.1 Å². The first kappa shape index (κ1) is 20.5. The highest BCUT2D eigenvalue weighted by Crippen LogP contribution is 2.56. The van der Waals surface area contributed by atoms with E-state index in [2.05, 4.69) is 25.5 Å². The van der Waals surface area contributed by atoms with Crippen molar-refractivity contribution < 1.29 is 9.90 Å². The smallest absolute Gasteiger partial charge is 0.255 e. The topological polar surface area (TPSA) is 93.3 Å². The van der Waals surface area contributed by atoms with E-state index in [-0.39, 0.29) is 5.91 Å². The number of hydrogen-bond donors (Lipinski definition) is 4. The van der Waals surface area contributed by atoms with Gasteiger partial charge in [0.05, 0.1) is 16.9 Å². The molecule has 32 heavy (non-hydrogen) atoms. The molecule has 7 rings (SSSR count). The number of carbonyl (C=O) groups is 1. The molecule has 4 saturated carbocycles. The van der Waals surface area contributed by atoms with Crippen LogP contribution in [0.3, 0.4) is 0 Å². The lowest BCUT2D eigenvalue weighted by atomic mass is 9.52. The molecule has 2 atom stereocenters. The number of anilines is 1. The highest BCUT2D eigenvalue weighted by Gasteiger charge is 2.54. The molecule has 1 amide bonds. The van der Waals surface area contributed by atoms with Gasteiger partial charge in [-0.1, -0.05) is 6.42 Å². The summed E-state index contributed by atoms with van der Waals surface area (Å²) in [7, 11) is 0. The SMILES string of the molecule is O=C(NCCN1CCCCC1)c1cnc2[nH]ccc2c1NC1C2CC3CC1CC(O)(C3)C2. The van der Waals surface area contributed by atoms with E-state index in [9.17, 15) is 9.90 Å². The summed E-state index contributed by atoms with van der Waals surface area (Å²) in [4.78, 5) is 23.4. The number of piperidine rings is 1. The number of fused-ring (bicyclic) bond motifs is 1. The first-order valence-electron chi connectivity index (χ1n) is 12.5. The molecule has 4 bridgehead atoms. The van der Waals surface area contributed by atoms with Crippen LogP contribution in [0, 0.1) is 17.8 Å². The number of aromatic nitrogens is 2. The molecule has 5 aliphatic rings. The molecule has 0 aromatic carbocycles. The maximum Gasteiger partial charge on any atom is 0.255 e. The molecule has 172 valence electrons. The second-order valence-corrected chi connectivity index (χ2v) is 10.8. The molecule has 7 nitrogen and oxygen atoms in total. The van der Waals surface area contributed by atoms with Crippen LogP contribution in [0.5, 0.6) is 0 Å². The van der Waals surface area contributed by atoms with Gasteiger partial charge in [-0.05, 0) is 81.9 Å². The Morgan fingerprint density at radius 1 is 1.19 bits per heavy atom. The number of H-pyrrole nitrogens is 1. The molecule has 2 aromatic heterocycles.